The van der Waals surface area contributed by atoms with Crippen molar-refractivity contribution < 1.29 is 38.1 Å². The molecule has 0 spiro atoms. The van der Waals surface area contributed by atoms with Gasteiger partial charge in [0.2, 0.25) is 0 Å². The Kier molecular flexibility index (Phi) is 9.78. The highest BCUT2D eigenvalue weighted by Gasteiger charge is 2.53. The van der Waals surface area contributed by atoms with Crippen LogP contribution in [0.5, 0.6) is 5.75 Å². The standard InChI is InChI=1S/C28H34O8/c1-7-34-25(31)28(26(32)35-8-2,18-24(30)36-27(3,4)5)17-23(29)21-11-9-19(10-12-21)20-13-15-22(33-6)16-14-20/h9-16H,7-8,17-18H2,1-6H3. The molecule has 194 valence electrons. The van der Waals surface area contributed by atoms with Crippen LogP contribution in [0.25, 0.3) is 11.1 Å². The molecule has 0 bridgehead atoms. The number of ether oxygens (including phenoxy) is 4. The summed E-state index contributed by atoms with van der Waals surface area (Å²) in [7, 11) is 1.59. The smallest absolute Gasteiger partial charge is 0.324 e. The molecule has 2 rings (SSSR count). The average Bonchev–Trinajstić information content (AvgIpc) is 2.82. The van der Waals surface area contributed by atoms with Crippen molar-refractivity contribution in [2.75, 3.05) is 20.3 Å². The van der Waals surface area contributed by atoms with Gasteiger partial charge >= 0.3 is 17.9 Å². The lowest BCUT2D eigenvalue weighted by Gasteiger charge is -2.29. The number of carbonyl (C=O) groups is 4. The van der Waals surface area contributed by atoms with E-state index in [1.807, 2.05) is 24.3 Å². The lowest BCUT2D eigenvalue weighted by molar-refractivity contribution is -0.179. The van der Waals surface area contributed by atoms with Crippen molar-refractivity contribution in [3.8, 4) is 16.9 Å². The molecule has 0 N–H and O–H groups in total. The quantitative estimate of drug-likeness (QED) is 0.189. The molecule has 8 heteroatoms. The first-order valence-corrected chi connectivity index (χ1v) is 11.8. The van der Waals surface area contributed by atoms with Crippen molar-refractivity contribution in [1.29, 1.82) is 0 Å². The Bertz CT molecular complexity index is 1040. The number of carbonyl (C=O) groups excluding carboxylic acids is 4. The van der Waals surface area contributed by atoms with E-state index in [0.29, 0.717) is 0 Å². The molecular formula is C28H34O8. The van der Waals surface area contributed by atoms with Crippen molar-refractivity contribution in [2.24, 2.45) is 5.41 Å². The first-order valence-electron chi connectivity index (χ1n) is 11.8. The monoisotopic (exact) mass is 498 g/mol. The molecule has 0 saturated carbocycles. The van der Waals surface area contributed by atoms with Crippen LogP contribution in [0, 0.1) is 5.41 Å². The summed E-state index contributed by atoms with van der Waals surface area (Å²) in [5.41, 5.74) is -0.959. The Morgan fingerprint density at radius 3 is 1.61 bits per heavy atom. The lowest BCUT2D eigenvalue weighted by atomic mass is 9.78. The lowest BCUT2D eigenvalue weighted by Crippen LogP contribution is -2.46. The minimum atomic E-state index is -2.17. The van der Waals surface area contributed by atoms with Crippen LogP contribution in [0.1, 0.15) is 57.8 Å². The van der Waals surface area contributed by atoms with Gasteiger partial charge in [-0.2, -0.15) is 0 Å². The van der Waals surface area contributed by atoms with Gasteiger partial charge in [-0.05, 0) is 57.9 Å². The molecule has 0 unspecified atom stereocenters. The summed E-state index contributed by atoms with van der Waals surface area (Å²) < 4.78 is 20.8. The van der Waals surface area contributed by atoms with Gasteiger partial charge in [-0.3, -0.25) is 19.2 Å². The van der Waals surface area contributed by atoms with Crippen LogP contribution in [0.3, 0.4) is 0 Å². The first kappa shape index (κ1) is 28.6. The maximum atomic E-state index is 13.3. The van der Waals surface area contributed by atoms with Crippen LogP contribution in [0.4, 0.5) is 0 Å². The minimum absolute atomic E-state index is 0.0426. The Balaban J connectivity index is 2.38. The van der Waals surface area contributed by atoms with E-state index in [2.05, 4.69) is 0 Å². The van der Waals surface area contributed by atoms with E-state index in [0.717, 1.165) is 16.9 Å². The second kappa shape index (κ2) is 12.3. The van der Waals surface area contributed by atoms with Gasteiger partial charge in [0, 0.05) is 12.0 Å². The van der Waals surface area contributed by atoms with E-state index in [9.17, 15) is 19.2 Å². The van der Waals surface area contributed by atoms with Crippen molar-refractivity contribution in [3.63, 3.8) is 0 Å². The fourth-order valence-corrected chi connectivity index (χ4v) is 3.61. The third-order valence-corrected chi connectivity index (χ3v) is 5.29. The fourth-order valence-electron chi connectivity index (χ4n) is 3.61. The third kappa shape index (κ3) is 7.41. The molecule has 0 heterocycles. The molecule has 36 heavy (non-hydrogen) atoms. The normalized spacial score (nSPS) is 11.4. The zero-order chi connectivity index (χ0) is 26.9. The van der Waals surface area contributed by atoms with Gasteiger partial charge in [0.15, 0.2) is 11.2 Å². The molecule has 0 fully saturated rings. The third-order valence-electron chi connectivity index (χ3n) is 5.29. The summed E-state index contributed by atoms with van der Waals surface area (Å²) in [6, 6.07) is 14.2. The molecule has 0 atom stereocenters. The van der Waals surface area contributed by atoms with E-state index >= 15 is 0 Å². The largest absolute Gasteiger partial charge is 0.497 e. The zero-order valence-electron chi connectivity index (χ0n) is 21.7. The highest BCUT2D eigenvalue weighted by atomic mass is 16.6. The molecule has 0 radical (unpaired) electrons. The van der Waals surface area contributed by atoms with Gasteiger partial charge in [-0.15, -0.1) is 0 Å². The predicted molar refractivity (Wildman–Crippen MR) is 134 cm³/mol. The van der Waals surface area contributed by atoms with Crippen LogP contribution in [-0.2, 0) is 28.6 Å². The van der Waals surface area contributed by atoms with E-state index in [-0.39, 0.29) is 18.8 Å². The van der Waals surface area contributed by atoms with E-state index in [1.165, 1.54) is 0 Å². The molecule has 2 aromatic rings. The molecule has 0 aliphatic rings. The number of methoxy groups -OCH3 is 1. The number of Topliss-reactive ketones (excluding diaryl/α,β-unsaturated/α-hetero) is 1. The Labute approximate surface area is 211 Å². The molecule has 0 saturated heterocycles. The first-order chi connectivity index (χ1) is 17.0. The molecular weight excluding hydrogens is 464 g/mol. The maximum absolute atomic E-state index is 13.3. The average molecular weight is 499 g/mol. The second-order valence-corrected chi connectivity index (χ2v) is 9.19. The molecule has 0 aliphatic heterocycles. The molecule has 0 amide bonds. The summed E-state index contributed by atoms with van der Waals surface area (Å²) in [5, 5.41) is 0. The van der Waals surface area contributed by atoms with Gasteiger partial charge < -0.3 is 18.9 Å². The Hall–Kier alpha value is -3.68. The van der Waals surface area contributed by atoms with Gasteiger partial charge in [0.25, 0.3) is 0 Å². The number of ketones is 1. The van der Waals surface area contributed by atoms with E-state index in [1.54, 1.807) is 66.0 Å². The zero-order valence-corrected chi connectivity index (χ0v) is 21.7. The summed E-state index contributed by atoms with van der Waals surface area (Å²) in [6.07, 6.45) is -1.29. The molecule has 2 aromatic carbocycles. The Morgan fingerprint density at radius 2 is 1.19 bits per heavy atom. The van der Waals surface area contributed by atoms with Gasteiger partial charge in [0.1, 0.15) is 11.4 Å². The summed E-state index contributed by atoms with van der Waals surface area (Å²) in [4.78, 5) is 52.1. The molecule has 0 aliphatic carbocycles. The molecule has 8 nitrogen and oxygen atoms in total. The highest BCUT2D eigenvalue weighted by Crippen LogP contribution is 2.34. The predicted octanol–water partition coefficient (Wildman–Crippen LogP) is 4.78. The van der Waals surface area contributed by atoms with Crippen LogP contribution < -0.4 is 4.74 Å². The topological polar surface area (TPSA) is 105 Å². The van der Waals surface area contributed by atoms with Crippen molar-refractivity contribution in [2.45, 2.75) is 53.1 Å². The van der Waals surface area contributed by atoms with Gasteiger partial charge in [-0.25, -0.2) is 0 Å². The van der Waals surface area contributed by atoms with Crippen LogP contribution in [0.15, 0.2) is 48.5 Å². The highest BCUT2D eigenvalue weighted by molar-refractivity contribution is 6.09. The number of benzene rings is 2. The number of esters is 3. The van der Waals surface area contributed by atoms with Crippen LogP contribution in [0.2, 0.25) is 0 Å². The van der Waals surface area contributed by atoms with Gasteiger partial charge in [0.05, 0.1) is 26.7 Å². The van der Waals surface area contributed by atoms with Crippen molar-refractivity contribution in [1.82, 2.24) is 0 Å². The summed E-state index contributed by atoms with van der Waals surface area (Å²) in [5.74, 6) is -2.60. The van der Waals surface area contributed by atoms with Crippen LogP contribution >= 0.6 is 0 Å². The Morgan fingerprint density at radius 1 is 0.722 bits per heavy atom. The van der Waals surface area contributed by atoms with E-state index in [4.69, 9.17) is 18.9 Å². The number of hydrogen-bond acceptors (Lipinski definition) is 8. The summed E-state index contributed by atoms with van der Waals surface area (Å²) >= 11 is 0. The van der Waals surface area contributed by atoms with Crippen molar-refractivity contribution >= 4 is 23.7 Å². The fraction of sp³-hybridized carbons (Fsp3) is 0.429. The number of hydrogen-bond donors (Lipinski definition) is 0. The number of rotatable bonds is 11. The molecule has 0 aromatic heterocycles. The van der Waals surface area contributed by atoms with Crippen molar-refractivity contribution in [3.05, 3.63) is 54.1 Å². The maximum Gasteiger partial charge on any atom is 0.324 e. The minimum Gasteiger partial charge on any atom is -0.497 e. The van der Waals surface area contributed by atoms with Crippen LogP contribution in [-0.4, -0.2) is 49.6 Å². The van der Waals surface area contributed by atoms with Gasteiger partial charge in [-0.1, -0.05) is 36.4 Å². The second-order valence-electron chi connectivity index (χ2n) is 9.19. The SMILES string of the molecule is CCOC(=O)C(CC(=O)OC(C)(C)C)(CC(=O)c1ccc(-c2ccc(OC)cc2)cc1)C(=O)OCC. The van der Waals surface area contributed by atoms with E-state index < -0.39 is 47.5 Å². The summed E-state index contributed by atoms with van der Waals surface area (Å²) in [6.45, 7) is 8.05.